The van der Waals surface area contributed by atoms with E-state index in [4.69, 9.17) is 0 Å². The van der Waals surface area contributed by atoms with Crippen molar-refractivity contribution in [3.05, 3.63) is 11.6 Å². The maximum atomic E-state index is 9.20. The summed E-state index contributed by atoms with van der Waals surface area (Å²) in [6.45, 7) is 9.53. The quantitative estimate of drug-likeness (QED) is 0.388. The summed E-state index contributed by atoms with van der Waals surface area (Å²) in [5, 5.41) is 9.20. The molecule has 0 saturated carbocycles. The predicted molar refractivity (Wildman–Crippen MR) is 67.5 cm³/mol. The van der Waals surface area contributed by atoms with Crippen molar-refractivity contribution in [2.24, 2.45) is 0 Å². The number of allylic oxidation sites excluding steroid dienone is 1. The average molecular weight is 214 g/mol. The van der Waals surface area contributed by atoms with Gasteiger partial charge >= 0.3 is 0 Å². The summed E-state index contributed by atoms with van der Waals surface area (Å²) in [4.78, 5) is 0. The number of hydrogen-bond donors (Lipinski definition) is 1. The Labute approximate surface area is 90.2 Å². The molecule has 84 valence electrons. The van der Waals surface area contributed by atoms with E-state index in [1.165, 1.54) is 24.8 Å². The molecule has 1 nitrogen and oxygen atoms in total. The first-order valence-electron chi connectivity index (χ1n) is 5.78. The molecular formula is C12H26OSi. The number of unbranched alkanes of at least 4 members (excludes halogenated alkanes) is 3. The van der Waals surface area contributed by atoms with E-state index in [0.717, 1.165) is 12.5 Å². The minimum atomic E-state index is -1.04. The lowest BCUT2D eigenvalue weighted by Crippen LogP contribution is -2.20. The molecule has 0 aromatic heterocycles. The zero-order valence-corrected chi connectivity index (χ0v) is 11.3. The Morgan fingerprint density at radius 3 is 2.29 bits per heavy atom. The van der Waals surface area contributed by atoms with Gasteiger partial charge in [-0.3, -0.25) is 0 Å². The number of rotatable bonds is 7. The first-order chi connectivity index (χ1) is 6.49. The van der Waals surface area contributed by atoms with Crippen LogP contribution >= 0.6 is 0 Å². The van der Waals surface area contributed by atoms with Crippen molar-refractivity contribution in [2.75, 3.05) is 6.61 Å². The monoisotopic (exact) mass is 214 g/mol. The zero-order valence-electron chi connectivity index (χ0n) is 10.3. The Kier molecular flexibility index (Phi) is 7.20. The van der Waals surface area contributed by atoms with Crippen LogP contribution in [0.5, 0.6) is 0 Å². The molecule has 0 rings (SSSR count). The van der Waals surface area contributed by atoms with Gasteiger partial charge in [0.05, 0.1) is 6.61 Å². The van der Waals surface area contributed by atoms with Crippen molar-refractivity contribution in [3.63, 3.8) is 0 Å². The molecule has 0 aromatic rings. The van der Waals surface area contributed by atoms with Crippen LogP contribution in [0.3, 0.4) is 0 Å². The van der Waals surface area contributed by atoms with Gasteiger partial charge in [-0.2, -0.15) is 0 Å². The Balaban J connectivity index is 3.87. The number of hydrogen-bond acceptors (Lipinski definition) is 1. The van der Waals surface area contributed by atoms with Crippen LogP contribution in [0.1, 0.15) is 32.6 Å². The molecule has 0 atom stereocenters. The highest BCUT2D eigenvalue weighted by molar-refractivity contribution is 6.76. The smallest absolute Gasteiger partial charge is 0.0639 e. The molecule has 2 heteroatoms. The van der Waals surface area contributed by atoms with Gasteiger partial charge in [0, 0.05) is 8.07 Å². The zero-order chi connectivity index (χ0) is 11.0. The molecule has 0 spiro atoms. The lowest BCUT2D eigenvalue weighted by Gasteiger charge is -2.17. The molecule has 0 radical (unpaired) electrons. The lowest BCUT2D eigenvalue weighted by atomic mass is 10.1. The van der Waals surface area contributed by atoms with Crippen LogP contribution in [0.2, 0.25) is 25.7 Å². The number of aliphatic hydroxyl groups excluding tert-OH is 1. The molecule has 0 aliphatic carbocycles. The third-order valence-corrected chi connectivity index (χ3v) is 3.72. The third-order valence-electron chi connectivity index (χ3n) is 2.20. The number of aliphatic hydroxyl groups is 1. The molecule has 0 bridgehead atoms. The molecule has 0 saturated heterocycles. The topological polar surface area (TPSA) is 20.2 Å². The summed E-state index contributed by atoms with van der Waals surface area (Å²) in [5.41, 5.74) is 1.26. The Morgan fingerprint density at radius 1 is 1.21 bits per heavy atom. The highest BCUT2D eigenvalue weighted by Crippen LogP contribution is 2.16. The summed E-state index contributed by atoms with van der Waals surface area (Å²) in [7, 11) is -1.04. The lowest BCUT2D eigenvalue weighted by molar-refractivity contribution is 0.330. The van der Waals surface area contributed by atoms with Crippen molar-refractivity contribution in [1.29, 1.82) is 0 Å². The molecule has 0 aromatic carbocycles. The SMILES string of the molecule is CCCCC/C=C(/CO)C[Si](C)(C)C. The van der Waals surface area contributed by atoms with E-state index in [1.807, 2.05) is 0 Å². The minimum absolute atomic E-state index is 0.260. The van der Waals surface area contributed by atoms with E-state index < -0.39 is 8.07 Å². The van der Waals surface area contributed by atoms with Crippen LogP contribution in [-0.2, 0) is 0 Å². The van der Waals surface area contributed by atoms with Crippen molar-refractivity contribution < 1.29 is 5.11 Å². The summed E-state index contributed by atoms with van der Waals surface area (Å²) in [6, 6.07) is 1.15. The first-order valence-corrected chi connectivity index (χ1v) is 9.49. The second-order valence-electron chi connectivity index (χ2n) is 5.25. The summed E-state index contributed by atoms with van der Waals surface area (Å²) >= 11 is 0. The van der Waals surface area contributed by atoms with Gasteiger partial charge in [-0.15, -0.1) is 0 Å². The Bertz CT molecular complexity index is 168. The molecule has 14 heavy (non-hydrogen) atoms. The summed E-state index contributed by atoms with van der Waals surface area (Å²) in [6.07, 6.45) is 7.26. The Hall–Kier alpha value is -0.0831. The first kappa shape index (κ1) is 13.9. The highest BCUT2D eigenvalue weighted by Gasteiger charge is 2.14. The van der Waals surface area contributed by atoms with Gasteiger partial charge in [0.25, 0.3) is 0 Å². The van der Waals surface area contributed by atoms with E-state index in [0.29, 0.717) is 0 Å². The second kappa shape index (κ2) is 7.24. The molecule has 0 unspecified atom stereocenters. The molecule has 1 N–H and O–H groups in total. The van der Waals surface area contributed by atoms with Gasteiger partial charge in [0.2, 0.25) is 0 Å². The summed E-state index contributed by atoms with van der Waals surface area (Å²) in [5.74, 6) is 0. The largest absolute Gasteiger partial charge is 0.392 e. The normalized spacial score (nSPS) is 13.4. The van der Waals surface area contributed by atoms with E-state index in [2.05, 4.69) is 32.6 Å². The van der Waals surface area contributed by atoms with Crippen LogP contribution < -0.4 is 0 Å². The van der Waals surface area contributed by atoms with Crippen molar-refractivity contribution >= 4 is 8.07 Å². The highest BCUT2D eigenvalue weighted by atomic mass is 28.3. The molecule has 0 amide bonds. The molecule has 0 aliphatic heterocycles. The minimum Gasteiger partial charge on any atom is -0.392 e. The standard InChI is InChI=1S/C12H26OSi/c1-5-6-7-8-9-12(10-13)11-14(2,3)4/h9,13H,5-8,10-11H2,1-4H3/b12-9-. The van der Waals surface area contributed by atoms with Gasteiger partial charge < -0.3 is 5.11 Å². The van der Waals surface area contributed by atoms with Crippen molar-refractivity contribution in [1.82, 2.24) is 0 Å². The van der Waals surface area contributed by atoms with E-state index in [-0.39, 0.29) is 6.61 Å². The van der Waals surface area contributed by atoms with Gasteiger partial charge in [-0.1, -0.05) is 51.1 Å². The van der Waals surface area contributed by atoms with Crippen LogP contribution in [0.15, 0.2) is 11.6 Å². The second-order valence-corrected chi connectivity index (χ2v) is 10.7. The maximum Gasteiger partial charge on any atom is 0.0639 e. The van der Waals surface area contributed by atoms with Crippen LogP contribution in [0, 0.1) is 0 Å². The van der Waals surface area contributed by atoms with Gasteiger partial charge in [0.15, 0.2) is 0 Å². The fourth-order valence-corrected chi connectivity index (χ4v) is 3.19. The van der Waals surface area contributed by atoms with Gasteiger partial charge in [0.1, 0.15) is 0 Å². The molecule has 0 heterocycles. The predicted octanol–water partition coefficient (Wildman–Crippen LogP) is 3.82. The molecule has 0 fully saturated rings. The summed E-state index contributed by atoms with van der Waals surface area (Å²) < 4.78 is 0. The maximum absolute atomic E-state index is 9.20. The third kappa shape index (κ3) is 8.51. The van der Waals surface area contributed by atoms with Crippen LogP contribution in [0.25, 0.3) is 0 Å². The van der Waals surface area contributed by atoms with Crippen LogP contribution in [-0.4, -0.2) is 19.8 Å². The van der Waals surface area contributed by atoms with Gasteiger partial charge in [-0.25, -0.2) is 0 Å². The van der Waals surface area contributed by atoms with Crippen molar-refractivity contribution in [3.8, 4) is 0 Å². The molecular weight excluding hydrogens is 188 g/mol. The van der Waals surface area contributed by atoms with E-state index in [9.17, 15) is 5.11 Å². The average Bonchev–Trinajstić information content (AvgIpc) is 2.08. The van der Waals surface area contributed by atoms with E-state index in [1.54, 1.807) is 0 Å². The fraction of sp³-hybridized carbons (Fsp3) is 0.833. The van der Waals surface area contributed by atoms with Crippen LogP contribution in [0.4, 0.5) is 0 Å². The fourth-order valence-electron chi connectivity index (χ4n) is 1.57. The molecule has 0 aliphatic rings. The Morgan fingerprint density at radius 2 is 1.86 bits per heavy atom. The van der Waals surface area contributed by atoms with E-state index >= 15 is 0 Å². The van der Waals surface area contributed by atoms with Gasteiger partial charge in [-0.05, 0) is 18.9 Å². The van der Waals surface area contributed by atoms with Crippen molar-refractivity contribution in [2.45, 2.75) is 58.3 Å².